The molecule has 3 amide bonds. The molecule has 10 heteroatoms. The van der Waals surface area contributed by atoms with E-state index in [0.717, 1.165) is 29.5 Å². The normalized spacial score (nSPS) is 13.0. The van der Waals surface area contributed by atoms with E-state index in [1.807, 2.05) is 97.1 Å². The number of allylic oxidation sites excluding steroid dienone is 2. The third-order valence-electron chi connectivity index (χ3n) is 9.02. The Hall–Kier alpha value is -5.22. The molecule has 0 unspecified atom stereocenters. The molecule has 3 aromatic carbocycles. The fourth-order valence-electron chi connectivity index (χ4n) is 6.06. The van der Waals surface area contributed by atoms with E-state index in [9.17, 15) is 24.3 Å². The van der Waals surface area contributed by atoms with Crippen LogP contribution in [0.3, 0.4) is 0 Å². The predicted octanol–water partition coefficient (Wildman–Crippen LogP) is 6.63. The molecule has 0 bridgehead atoms. The third kappa shape index (κ3) is 17.5. The zero-order valence-corrected chi connectivity index (χ0v) is 31.3. The zero-order valence-electron chi connectivity index (χ0n) is 31.3. The maximum absolute atomic E-state index is 13.7. The first kappa shape index (κ1) is 43.2. The van der Waals surface area contributed by atoms with Crippen LogP contribution in [-0.2, 0) is 43.3 Å². The SMILES string of the molecule is C=CCCC[C@H](Cc1ccccc1)C(=O)OC[C@H](CCCCNC(=O)OCc1ccccc1)NC(=O)[C@H](CC=C)CC(=O)N[C@@H](CO)Cc1ccccc1. The van der Waals surface area contributed by atoms with Crippen LogP contribution in [0, 0.1) is 11.8 Å². The van der Waals surface area contributed by atoms with Gasteiger partial charge in [0.05, 0.1) is 30.5 Å². The summed E-state index contributed by atoms with van der Waals surface area (Å²) in [5.41, 5.74) is 2.90. The molecule has 54 heavy (non-hydrogen) atoms. The molecule has 0 aliphatic carbocycles. The summed E-state index contributed by atoms with van der Waals surface area (Å²) in [7, 11) is 0. The van der Waals surface area contributed by atoms with Crippen LogP contribution in [0.25, 0.3) is 0 Å². The minimum atomic E-state index is -0.720. The summed E-state index contributed by atoms with van der Waals surface area (Å²) in [4.78, 5) is 52.5. The molecule has 0 aliphatic heterocycles. The van der Waals surface area contributed by atoms with Gasteiger partial charge in [-0.25, -0.2) is 4.79 Å². The summed E-state index contributed by atoms with van der Waals surface area (Å²) < 4.78 is 11.2. The van der Waals surface area contributed by atoms with Crippen LogP contribution >= 0.6 is 0 Å². The Balaban J connectivity index is 1.61. The summed E-state index contributed by atoms with van der Waals surface area (Å²) >= 11 is 0. The summed E-state index contributed by atoms with van der Waals surface area (Å²) in [6.07, 6.45) is 7.95. The number of alkyl carbamates (subject to hydrolysis) is 1. The number of esters is 1. The van der Waals surface area contributed by atoms with Gasteiger partial charge < -0.3 is 30.5 Å². The Morgan fingerprint density at radius 1 is 0.685 bits per heavy atom. The molecule has 10 nitrogen and oxygen atoms in total. The summed E-state index contributed by atoms with van der Waals surface area (Å²) in [5, 5.41) is 18.6. The second-order valence-electron chi connectivity index (χ2n) is 13.5. The maximum atomic E-state index is 13.7. The Labute approximate surface area is 320 Å². The van der Waals surface area contributed by atoms with Gasteiger partial charge in [0, 0.05) is 13.0 Å². The minimum Gasteiger partial charge on any atom is -0.463 e. The molecule has 0 saturated carbocycles. The van der Waals surface area contributed by atoms with E-state index < -0.39 is 24.1 Å². The van der Waals surface area contributed by atoms with Gasteiger partial charge in [0.2, 0.25) is 11.8 Å². The van der Waals surface area contributed by atoms with Gasteiger partial charge in [0.15, 0.2) is 0 Å². The third-order valence-corrected chi connectivity index (χ3v) is 9.02. The topological polar surface area (TPSA) is 143 Å². The van der Waals surface area contributed by atoms with Crippen molar-refractivity contribution in [3.05, 3.63) is 133 Å². The average molecular weight is 740 g/mol. The fraction of sp³-hybridized carbons (Fsp3) is 0.409. The first-order chi connectivity index (χ1) is 26.3. The molecular weight excluding hydrogens is 682 g/mol. The lowest BCUT2D eigenvalue weighted by Gasteiger charge is -2.24. The zero-order chi connectivity index (χ0) is 38.8. The number of amides is 3. The van der Waals surface area contributed by atoms with Gasteiger partial charge in [-0.15, -0.1) is 13.2 Å². The number of aliphatic hydroxyl groups is 1. The minimum absolute atomic E-state index is 0.0411. The van der Waals surface area contributed by atoms with E-state index >= 15 is 0 Å². The summed E-state index contributed by atoms with van der Waals surface area (Å²) in [5.74, 6) is -2.13. The van der Waals surface area contributed by atoms with Crippen LogP contribution in [0.1, 0.15) is 68.1 Å². The van der Waals surface area contributed by atoms with Crippen molar-refractivity contribution in [3.63, 3.8) is 0 Å². The Kier molecular flexibility index (Phi) is 20.6. The van der Waals surface area contributed by atoms with Crippen molar-refractivity contribution in [2.75, 3.05) is 19.8 Å². The van der Waals surface area contributed by atoms with E-state index in [0.29, 0.717) is 45.1 Å². The molecular formula is C44H57N3O7. The van der Waals surface area contributed by atoms with Crippen LogP contribution in [0.4, 0.5) is 4.79 Å². The lowest BCUT2D eigenvalue weighted by molar-refractivity contribution is -0.150. The molecule has 0 radical (unpaired) electrons. The Bertz CT molecular complexity index is 1550. The first-order valence-corrected chi connectivity index (χ1v) is 18.9. The van der Waals surface area contributed by atoms with Crippen LogP contribution in [0.5, 0.6) is 0 Å². The van der Waals surface area contributed by atoms with Gasteiger partial charge in [-0.1, -0.05) is 103 Å². The summed E-state index contributed by atoms with van der Waals surface area (Å²) in [6, 6.07) is 27.7. The highest BCUT2D eigenvalue weighted by molar-refractivity contribution is 5.86. The van der Waals surface area contributed by atoms with Crippen molar-refractivity contribution in [2.24, 2.45) is 11.8 Å². The lowest BCUT2D eigenvalue weighted by atomic mass is 9.94. The molecule has 3 rings (SSSR count). The lowest BCUT2D eigenvalue weighted by Crippen LogP contribution is -2.45. The summed E-state index contributed by atoms with van der Waals surface area (Å²) in [6.45, 7) is 7.84. The molecule has 4 atom stereocenters. The average Bonchev–Trinajstić information content (AvgIpc) is 3.19. The number of unbranched alkanes of at least 4 members (excludes halogenated alkanes) is 2. The van der Waals surface area contributed by atoms with Crippen LogP contribution in [0.15, 0.2) is 116 Å². The van der Waals surface area contributed by atoms with Gasteiger partial charge in [-0.05, 0) is 74.5 Å². The molecule has 0 fully saturated rings. The van der Waals surface area contributed by atoms with Gasteiger partial charge >= 0.3 is 12.1 Å². The Morgan fingerprint density at radius 2 is 1.31 bits per heavy atom. The number of aliphatic hydroxyl groups excluding tert-OH is 1. The van der Waals surface area contributed by atoms with Crippen LogP contribution in [-0.4, -0.2) is 60.8 Å². The molecule has 0 aromatic heterocycles. The van der Waals surface area contributed by atoms with Gasteiger partial charge in [-0.3, -0.25) is 14.4 Å². The number of nitrogens with one attached hydrogen (secondary N) is 3. The second kappa shape index (κ2) is 25.7. The van der Waals surface area contributed by atoms with E-state index in [-0.39, 0.29) is 56.4 Å². The van der Waals surface area contributed by atoms with E-state index in [1.54, 1.807) is 6.08 Å². The quantitative estimate of drug-likeness (QED) is 0.0412. The first-order valence-electron chi connectivity index (χ1n) is 18.9. The number of ether oxygens (including phenoxy) is 2. The van der Waals surface area contributed by atoms with Crippen molar-refractivity contribution in [1.29, 1.82) is 0 Å². The molecule has 4 N–H and O–H groups in total. The highest BCUT2D eigenvalue weighted by Gasteiger charge is 2.26. The largest absolute Gasteiger partial charge is 0.463 e. The van der Waals surface area contributed by atoms with E-state index in [4.69, 9.17) is 9.47 Å². The molecule has 3 aromatic rings. The number of rotatable bonds is 26. The number of carbonyl (C=O) groups is 4. The number of carbonyl (C=O) groups excluding carboxylic acids is 4. The van der Waals surface area contributed by atoms with Crippen molar-refractivity contribution in [3.8, 4) is 0 Å². The molecule has 0 spiro atoms. The van der Waals surface area contributed by atoms with Gasteiger partial charge in [0.1, 0.15) is 13.2 Å². The highest BCUT2D eigenvalue weighted by Crippen LogP contribution is 2.19. The molecule has 0 aliphatic rings. The van der Waals surface area contributed by atoms with Crippen molar-refractivity contribution < 1.29 is 33.8 Å². The molecule has 0 heterocycles. The number of hydrogen-bond donors (Lipinski definition) is 4. The van der Waals surface area contributed by atoms with Crippen molar-refractivity contribution in [2.45, 2.75) is 82.9 Å². The molecule has 290 valence electrons. The van der Waals surface area contributed by atoms with Crippen molar-refractivity contribution >= 4 is 23.9 Å². The fourth-order valence-corrected chi connectivity index (χ4v) is 6.06. The van der Waals surface area contributed by atoms with Crippen LogP contribution in [0.2, 0.25) is 0 Å². The van der Waals surface area contributed by atoms with E-state index in [2.05, 4.69) is 29.1 Å². The number of benzene rings is 3. The highest BCUT2D eigenvalue weighted by atomic mass is 16.5. The van der Waals surface area contributed by atoms with Gasteiger partial charge in [0.25, 0.3) is 0 Å². The van der Waals surface area contributed by atoms with Crippen LogP contribution < -0.4 is 16.0 Å². The maximum Gasteiger partial charge on any atom is 0.407 e. The number of hydrogen-bond acceptors (Lipinski definition) is 7. The monoisotopic (exact) mass is 739 g/mol. The smallest absolute Gasteiger partial charge is 0.407 e. The van der Waals surface area contributed by atoms with E-state index in [1.165, 1.54) is 0 Å². The predicted molar refractivity (Wildman–Crippen MR) is 211 cm³/mol. The second-order valence-corrected chi connectivity index (χ2v) is 13.5. The molecule has 0 saturated heterocycles. The van der Waals surface area contributed by atoms with Crippen molar-refractivity contribution in [1.82, 2.24) is 16.0 Å². The standard InChI is InChI=1S/C44H57N3O7/c1-3-5-9-25-38(28-34-19-10-6-11-20-34)43(51)53-33-39(26-16-17-27-45-44(52)54-32-36-23-14-8-15-24-36)47-42(50)37(18-4-2)30-41(49)46-40(31-48)29-35-21-12-7-13-22-35/h3-4,6-8,10-15,19-24,37-40,48H,1-2,5,9,16-18,25-33H2,(H,45,52)(H,46,49)(H,47,50)/t37-,38-,39+,40-/m1/s1. The van der Waals surface area contributed by atoms with Gasteiger partial charge in [-0.2, -0.15) is 0 Å². The Morgan fingerprint density at radius 3 is 1.93 bits per heavy atom.